The lowest BCUT2D eigenvalue weighted by Crippen LogP contribution is -2.25. The Kier molecular flexibility index (Phi) is 7.89. The summed E-state index contributed by atoms with van der Waals surface area (Å²) in [6.07, 6.45) is 7.72. The van der Waals surface area contributed by atoms with Crippen LogP contribution in [0.4, 0.5) is 0 Å². The summed E-state index contributed by atoms with van der Waals surface area (Å²) in [6.45, 7) is 4.45. The number of aldehydes is 1. The molecule has 19 heavy (non-hydrogen) atoms. The molecule has 1 atom stereocenters. The molecule has 1 saturated carbocycles. The van der Waals surface area contributed by atoms with E-state index in [1.54, 1.807) is 0 Å². The quantitative estimate of drug-likeness (QED) is 0.472. The molecule has 0 aliphatic heterocycles. The molecule has 4 nitrogen and oxygen atoms in total. The van der Waals surface area contributed by atoms with Crippen LogP contribution in [0.25, 0.3) is 0 Å². The highest BCUT2D eigenvalue weighted by Crippen LogP contribution is 2.58. The minimum atomic E-state index is -3.09. The zero-order valence-corrected chi connectivity index (χ0v) is 13.1. The molecule has 0 saturated heterocycles. The first-order valence-corrected chi connectivity index (χ1v) is 9.11. The van der Waals surface area contributed by atoms with E-state index in [0.717, 1.165) is 19.1 Å². The molecular weight excluding hydrogens is 263 g/mol. The zero-order valence-electron chi connectivity index (χ0n) is 12.2. The maximum Gasteiger partial charge on any atom is 0.333 e. The van der Waals surface area contributed by atoms with Gasteiger partial charge in [0.2, 0.25) is 0 Å². The molecule has 1 aliphatic carbocycles. The molecule has 0 aromatic rings. The molecule has 112 valence electrons. The molecule has 0 bridgehead atoms. The predicted molar refractivity (Wildman–Crippen MR) is 76.5 cm³/mol. The molecule has 0 heterocycles. The summed E-state index contributed by atoms with van der Waals surface area (Å²) in [5.74, 6) is 0.373. The average Bonchev–Trinajstić information content (AvgIpc) is 2.41. The monoisotopic (exact) mass is 290 g/mol. The van der Waals surface area contributed by atoms with Crippen LogP contribution >= 0.6 is 7.60 Å². The summed E-state index contributed by atoms with van der Waals surface area (Å²) in [5.41, 5.74) is -0.113. The second-order valence-corrected chi connectivity index (χ2v) is 7.34. The van der Waals surface area contributed by atoms with E-state index in [1.165, 1.54) is 19.3 Å². The van der Waals surface area contributed by atoms with Crippen LogP contribution in [0.1, 0.15) is 58.8 Å². The largest absolute Gasteiger partial charge is 0.333 e. The summed E-state index contributed by atoms with van der Waals surface area (Å²) in [7, 11) is -3.09. The van der Waals surface area contributed by atoms with Crippen molar-refractivity contribution in [3.8, 4) is 0 Å². The van der Waals surface area contributed by atoms with E-state index in [1.807, 2.05) is 13.8 Å². The molecule has 1 unspecified atom stereocenters. The Balaban J connectivity index is 2.83. The number of hydrogen-bond donors (Lipinski definition) is 0. The molecule has 0 N–H and O–H groups in total. The minimum absolute atomic E-state index is 0.113. The molecule has 0 spiro atoms. The highest BCUT2D eigenvalue weighted by Gasteiger charge is 2.40. The van der Waals surface area contributed by atoms with E-state index >= 15 is 0 Å². The molecule has 0 aromatic carbocycles. The van der Waals surface area contributed by atoms with Crippen molar-refractivity contribution in [1.82, 2.24) is 0 Å². The Morgan fingerprint density at radius 1 is 1.16 bits per heavy atom. The molecule has 5 heteroatoms. The topological polar surface area (TPSA) is 52.6 Å². The maximum atomic E-state index is 13.0. The third-order valence-corrected chi connectivity index (χ3v) is 6.53. The van der Waals surface area contributed by atoms with Crippen LogP contribution < -0.4 is 0 Å². The molecule has 0 aromatic heterocycles. The van der Waals surface area contributed by atoms with Gasteiger partial charge in [-0.2, -0.15) is 0 Å². The van der Waals surface area contributed by atoms with Gasteiger partial charge in [-0.1, -0.05) is 19.3 Å². The summed E-state index contributed by atoms with van der Waals surface area (Å²) in [6, 6.07) is 0. The highest BCUT2D eigenvalue weighted by atomic mass is 31.2. The average molecular weight is 290 g/mol. The van der Waals surface area contributed by atoms with Crippen molar-refractivity contribution in [1.29, 1.82) is 0 Å². The van der Waals surface area contributed by atoms with E-state index < -0.39 is 7.60 Å². The molecule has 1 aliphatic rings. The van der Waals surface area contributed by atoms with Crippen molar-refractivity contribution in [2.45, 2.75) is 64.5 Å². The third-order valence-electron chi connectivity index (χ3n) is 3.80. The number of rotatable bonds is 9. The number of carbonyl (C=O) groups is 1. The first-order chi connectivity index (χ1) is 9.18. The molecule has 1 rings (SSSR count). The Morgan fingerprint density at radius 2 is 1.74 bits per heavy atom. The van der Waals surface area contributed by atoms with Crippen LogP contribution in [0.3, 0.4) is 0 Å². The summed E-state index contributed by atoms with van der Waals surface area (Å²) in [5, 5.41) is 0. The van der Waals surface area contributed by atoms with Gasteiger partial charge in [-0.15, -0.1) is 0 Å². The molecule has 0 radical (unpaired) electrons. The van der Waals surface area contributed by atoms with Crippen molar-refractivity contribution in [2.75, 3.05) is 13.2 Å². The van der Waals surface area contributed by atoms with Gasteiger partial charge in [0.1, 0.15) is 6.29 Å². The Labute approximate surface area is 116 Å². The fraction of sp³-hybridized carbons (Fsp3) is 0.929. The van der Waals surface area contributed by atoms with Crippen molar-refractivity contribution in [3.63, 3.8) is 0 Å². The van der Waals surface area contributed by atoms with Gasteiger partial charge in [-0.25, -0.2) is 0 Å². The van der Waals surface area contributed by atoms with Crippen LogP contribution in [0.2, 0.25) is 0 Å². The van der Waals surface area contributed by atoms with E-state index in [4.69, 9.17) is 9.05 Å². The van der Waals surface area contributed by atoms with Gasteiger partial charge >= 0.3 is 7.60 Å². The zero-order chi connectivity index (χ0) is 14.1. The van der Waals surface area contributed by atoms with Gasteiger partial charge in [0.15, 0.2) is 0 Å². The van der Waals surface area contributed by atoms with Crippen molar-refractivity contribution < 1.29 is 18.4 Å². The van der Waals surface area contributed by atoms with Crippen LogP contribution in [-0.2, 0) is 18.4 Å². The van der Waals surface area contributed by atoms with Crippen LogP contribution in [0, 0.1) is 5.92 Å². The minimum Gasteiger partial charge on any atom is -0.309 e. The van der Waals surface area contributed by atoms with Crippen molar-refractivity contribution >= 4 is 13.9 Å². The summed E-state index contributed by atoms with van der Waals surface area (Å²) < 4.78 is 24.0. The SMILES string of the molecule is CCOP(=O)(OCC)C(CCC=O)C1CCCCC1. The standard InChI is InChI=1S/C14H27O4P/c1-3-17-19(16,18-4-2)14(11-8-12-15)13-9-6-5-7-10-13/h12-14H,3-11H2,1-2H3. The van der Waals surface area contributed by atoms with Crippen LogP contribution in [0.15, 0.2) is 0 Å². The summed E-state index contributed by atoms with van der Waals surface area (Å²) in [4.78, 5) is 10.7. The van der Waals surface area contributed by atoms with E-state index in [0.29, 0.717) is 32.0 Å². The maximum absolute atomic E-state index is 13.0. The lowest BCUT2D eigenvalue weighted by molar-refractivity contribution is -0.108. The second kappa shape index (κ2) is 8.89. The fourth-order valence-corrected chi connectivity index (χ4v) is 5.46. The lowest BCUT2D eigenvalue weighted by atomic mass is 9.85. The van der Waals surface area contributed by atoms with Crippen LogP contribution in [-0.4, -0.2) is 25.2 Å². The Bertz CT molecular complexity index is 290. The Morgan fingerprint density at radius 3 is 2.21 bits per heavy atom. The van der Waals surface area contributed by atoms with Gasteiger partial charge in [0.05, 0.1) is 18.9 Å². The number of hydrogen-bond acceptors (Lipinski definition) is 4. The molecule has 0 amide bonds. The normalized spacial score (nSPS) is 19.3. The Hall–Kier alpha value is -0.180. The third kappa shape index (κ3) is 5.02. The van der Waals surface area contributed by atoms with Gasteiger partial charge < -0.3 is 13.8 Å². The van der Waals surface area contributed by atoms with E-state index in [-0.39, 0.29) is 5.66 Å². The van der Waals surface area contributed by atoms with Gasteiger partial charge in [0, 0.05) is 6.42 Å². The van der Waals surface area contributed by atoms with Gasteiger partial charge in [-0.05, 0) is 39.0 Å². The molecular formula is C14H27O4P. The smallest absolute Gasteiger partial charge is 0.309 e. The van der Waals surface area contributed by atoms with E-state index in [2.05, 4.69) is 0 Å². The van der Waals surface area contributed by atoms with Crippen molar-refractivity contribution in [3.05, 3.63) is 0 Å². The highest BCUT2D eigenvalue weighted by molar-refractivity contribution is 7.54. The molecule has 1 fully saturated rings. The lowest BCUT2D eigenvalue weighted by Gasteiger charge is -2.34. The second-order valence-electron chi connectivity index (χ2n) is 5.08. The van der Waals surface area contributed by atoms with Crippen molar-refractivity contribution in [2.24, 2.45) is 5.92 Å². The first kappa shape index (κ1) is 16.9. The van der Waals surface area contributed by atoms with Gasteiger partial charge in [0.25, 0.3) is 0 Å². The fourth-order valence-electron chi connectivity index (χ4n) is 3.00. The van der Waals surface area contributed by atoms with E-state index in [9.17, 15) is 9.36 Å². The summed E-state index contributed by atoms with van der Waals surface area (Å²) >= 11 is 0. The van der Waals surface area contributed by atoms with Crippen LogP contribution in [0.5, 0.6) is 0 Å². The first-order valence-electron chi connectivity index (χ1n) is 7.50. The number of carbonyl (C=O) groups excluding carboxylic acids is 1. The predicted octanol–water partition coefficient (Wildman–Crippen LogP) is 4.18. The van der Waals surface area contributed by atoms with Gasteiger partial charge in [-0.3, -0.25) is 4.57 Å².